The zero-order valence-electron chi connectivity index (χ0n) is 9.25. The molecular formula is C10H13N5O2. The first-order valence-electron chi connectivity index (χ1n) is 4.64. The van der Waals surface area contributed by atoms with Crippen molar-refractivity contribution in [1.82, 2.24) is 0 Å². The molecule has 0 saturated carbocycles. The summed E-state index contributed by atoms with van der Waals surface area (Å²) in [6.45, 7) is 0. The second-order valence-electron chi connectivity index (χ2n) is 3.06. The Kier molecular flexibility index (Phi) is 4.04. The van der Waals surface area contributed by atoms with E-state index in [9.17, 15) is 4.79 Å². The van der Waals surface area contributed by atoms with Gasteiger partial charge in [0.05, 0.1) is 7.11 Å². The fourth-order valence-electron chi connectivity index (χ4n) is 1.15. The van der Waals surface area contributed by atoms with Crippen molar-refractivity contribution in [2.45, 2.75) is 0 Å². The van der Waals surface area contributed by atoms with E-state index < -0.39 is 0 Å². The minimum absolute atomic E-state index is 0.119. The Morgan fingerprint density at radius 2 is 2.06 bits per heavy atom. The van der Waals surface area contributed by atoms with Gasteiger partial charge in [-0.15, -0.1) is 0 Å². The highest BCUT2D eigenvalue weighted by atomic mass is 16.5. The van der Waals surface area contributed by atoms with Crippen molar-refractivity contribution >= 4 is 23.9 Å². The second kappa shape index (κ2) is 5.50. The van der Waals surface area contributed by atoms with Gasteiger partial charge in [0.2, 0.25) is 5.96 Å². The number of guanidine groups is 2. The van der Waals surface area contributed by atoms with Crippen molar-refractivity contribution in [2.75, 3.05) is 7.11 Å². The Bertz CT molecular complexity index is 478. The first-order chi connectivity index (χ1) is 8.06. The van der Waals surface area contributed by atoms with Crippen LogP contribution < -0.4 is 21.9 Å². The average Bonchev–Trinajstić information content (AvgIpc) is 2.27. The first kappa shape index (κ1) is 12.5. The summed E-state index contributed by atoms with van der Waals surface area (Å²) in [5.41, 5.74) is 16.6. The van der Waals surface area contributed by atoms with Gasteiger partial charge in [0.15, 0.2) is 5.96 Å². The van der Waals surface area contributed by atoms with Crippen LogP contribution in [0.4, 0.5) is 5.69 Å². The monoisotopic (exact) mass is 235 g/mol. The van der Waals surface area contributed by atoms with E-state index in [2.05, 4.69) is 9.98 Å². The first-order valence-corrected chi connectivity index (χ1v) is 4.64. The lowest BCUT2D eigenvalue weighted by Crippen LogP contribution is -2.26. The maximum Gasteiger partial charge on any atom is 0.223 e. The molecule has 0 aliphatic carbocycles. The van der Waals surface area contributed by atoms with Crippen LogP contribution in [-0.2, 0) is 0 Å². The summed E-state index contributed by atoms with van der Waals surface area (Å²) < 4.78 is 5.06. The highest BCUT2D eigenvalue weighted by molar-refractivity contribution is 5.94. The molecule has 17 heavy (non-hydrogen) atoms. The number of nitrogens with two attached hydrogens (primary N) is 3. The van der Waals surface area contributed by atoms with Gasteiger partial charge in [0.1, 0.15) is 17.7 Å². The van der Waals surface area contributed by atoms with E-state index in [1.807, 2.05) is 0 Å². The highest BCUT2D eigenvalue weighted by Crippen LogP contribution is 2.27. The van der Waals surface area contributed by atoms with E-state index in [0.29, 0.717) is 23.3 Å². The molecule has 0 heterocycles. The Labute approximate surface area is 98.0 Å². The Balaban J connectivity index is 3.19. The molecule has 7 heteroatoms. The molecule has 90 valence electrons. The lowest BCUT2D eigenvalue weighted by Gasteiger charge is -2.04. The Morgan fingerprint density at radius 3 is 2.59 bits per heavy atom. The Morgan fingerprint density at radius 1 is 1.35 bits per heavy atom. The molecule has 0 amide bonds. The van der Waals surface area contributed by atoms with Crippen molar-refractivity contribution < 1.29 is 9.53 Å². The lowest BCUT2D eigenvalue weighted by molar-refractivity contribution is 0.112. The topological polar surface area (TPSA) is 129 Å². The molecule has 0 bridgehead atoms. The fraction of sp³-hybridized carbons (Fsp3) is 0.100. The average molecular weight is 235 g/mol. The highest BCUT2D eigenvalue weighted by Gasteiger charge is 2.04. The van der Waals surface area contributed by atoms with Gasteiger partial charge < -0.3 is 21.9 Å². The molecular weight excluding hydrogens is 222 g/mol. The number of carbonyl (C=O) groups excluding carboxylic acids is 1. The molecule has 0 atom stereocenters. The largest absolute Gasteiger partial charge is 0.494 e. The Hall–Kier alpha value is -2.57. The van der Waals surface area contributed by atoms with Crippen LogP contribution in [0.1, 0.15) is 10.4 Å². The molecule has 1 aromatic rings. The number of hydrogen-bond acceptors (Lipinski definition) is 3. The molecule has 0 spiro atoms. The third kappa shape index (κ3) is 3.49. The van der Waals surface area contributed by atoms with Crippen LogP contribution in [0.3, 0.4) is 0 Å². The molecule has 6 N–H and O–H groups in total. The molecule has 0 radical (unpaired) electrons. The zero-order valence-corrected chi connectivity index (χ0v) is 9.25. The van der Waals surface area contributed by atoms with E-state index in [-0.39, 0.29) is 11.9 Å². The summed E-state index contributed by atoms with van der Waals surface area (Å²) in [6.07, 6.45) is 0.690. The molecule has 0 aromatic heterocycles. The molecule has 7 nitrogen and oxygen atoms in total. The maximum atomic E-state index is 10.6. The van der Waals surface area contributed by atoms with E-state index in [0.717, 1.165) is 0 Å². The van der Waals surface area contributed by atoms with Crippen LogP contribution in [0.15, 0.2) is 28.2 Å². The van der Waals surface area contributed by atoms with Crippen molar-refractivity contribution in [1.29, 1.82) is 0 Å². The van der Waals surface area contributed by atoms with Gasteiger partial charge in [0, 0.05) is 5.56 Å². The lowest BCUT2D eigenvalue weighted by atomic mass is 10.2. The van der Waals surface area contributed by atoms with Crippen molar-refractivity contribution in [3.63, 3.8) is 0 Å². The van der Waals surface area contributed by atoms with Gasteiger partial charge >= 0.3 is 0 Å². The number of carbonyl (C=O) groups is 1. The summed E-state index contributed by atoms with van der Waals surface area (Å²) in [4.78, 5) is 18.1. The SMILES string of the molecule is COc1ccc(C=O)cc1N=C(N)N=C(N)N. The van der Waals surface area contributed by atoms with Crippen LogP contribution in [0.5, 0.6) is 5.75 Å². The van der Waals surface area contributed by atoms with Crippen LogP contribution in [0, 0.1) is 0 Å². The number of aliphatic imine (C=N–C) groups is 2. The third-order valence-corrected chi connectivity index (χ3v) is 1.82. The molecule has 0 aliphatic rings. The molecule has 1 aromatic carbocycles. The van der Waals surface area contributed by atoms with E-state index >= 15 is 0 Å². The van der Waals surface area contributed by atoms with Crippen LogP contribution in [0.25, 0.3) is 0 Å². The van der Waals surface area contributed by atoms with Gasteiger partial charge in [-0.25, -0.2) is 4.99 Å². The normalized spacial score (nSPS) is 10.8. The summed E-state index contributed by atoms with van der Waals surface area (Å²) in [6, 6.07) is 4.72. The van der Waals surface area contributed by atoms with Gasteiger partial charge in [-0.3, -0.25) is 4.79 Å². The molecule has 0 aliphatic heterocycles. The van der Waals surface area contributed by atoms with Crippen molar-refractivity contribution in [3.8, 4) is 5.75 Å². The number of methoxy groups -OCH3 is 1. The predicted octanol–water partition coefficient (Wildman–Crippen LogP) is -0.273. The van der Waals surface area contributed by atoms with Crippen LogP contribution >= 0.6 is 0 Å². The minimum atomic E-state index is -0.197. The molecule has 0 fully saturated rings. The molecule has 0 unspecified atom stereocenters. The standard InChI is InChI=1S/C10H13N5O2/c1-17-8-3-2-6(5-16)4-7(8)14-10(13)15-9(11)12/h2-5H,1H3,(H6,11,12,13,14,15). The van der Waals surface area contributed by atoms with Gasteiger partial charge in [-0.2, -0.15) is 4.99 Å². The van der Waals surface area contributed by atoms with Gasteiger partial charge in [0.25, 0.3) is 0 Å². The smallest absolute Gasteiger partial charge is 0.223 e. The zero-order chi connectivity index (χ0) is 12.8. The summed E-state index contributed by atoms with van der Waals surface area (Å²) in [5, 5.41) is 0. The summed E-state index contributed by atoms with van der Waals surface area (Å²) >= 11 is 0. The number of benzene rings is 1. The number of rotatable bonds is 3. The number of aldehydes is 1. The molecule has 0 saturated heterocycles. The van der Waals surface area contributed by atoms with Crippen molar-refractivity contribution in [2.24, 2.45) is 27.2 Å². The van der Waals surface area contributed by atoms with E-state index in [1.54, 1.807) is 12.1 Å². The predicted molar refractivity (Wildman–Crippen MR) is 65.5 cm³/mol. The number of ether oxygens (including phenoxy) is 1. The fourth-order valence-corrected chi connectivity index (χ4v) is 1.15. The quantitative estimate of drug-likeness (QED) is 0.377. The minimum Gasteiger partial charge on any atom is -0.494 e. The molecule has 1 rings (SSSR count). The van der Waals surface area contributed by atoms with Crippen LogP contribution in [0.2, 0.25) is 0 Å². The van der Waals surface area contributed by atoms with Crippen molar-refractivity contribution in [3.05, 3.63) is 23.8 Å². The third-order valence-electron chi connectivity index (χ3n) is 1.82. The summed E-state index contributed by atoms with van der Waals surface area (Å²) in [5.74, 6) is 0.146. The second-order valence-corrected chi connectivity index (χ2v) is 3.06. The number of hydrogen-bond donors (Lipinski definition) is 3. The van der Waals surface area contributed by atoms with Gasteiger partial charge in [-0.1, -0.05) is 0 Å². The van der Waals surface area contributed by atoms with Gasteiger partial charge in [-0.05, 0) is 18.2 Å². The number of nitrogens with zero attached hydrogens (tertiary/aromatic N) is 2. The van der Waals surface area contributed by atoms with E-state index in [1.165, 1.54) is 13.2 Å². The van der Waals surface area contributed by atoms with Crippen LogP contribution in [-0.4, -0.2) is 25.3 Å². The summed E-state index contributed by atoms with van der Waals surface area (Å²) in [7, 11) is 1.48. The maximum absolute atomic E-state index is 10.6. The van der Waals surface area contributed by atoms with E-state index in [4.69, 9.17) is 21.9 Å².